The molecule has 1 aromatic rings. The van der Waals surface area contributed by atoms with Crippen LogP contribution in [0.2, 0.25) is 0 Å². The maximum atomic E-state index is 11.4. The molecule has 1 aromatic carbocycles. The molecule has 0 aliphatic carbocycles. The first-order valence-electron chi connectivity index (χ1n) is 8.02. The van der Waals surface area contributed by atoms with Crippen molar-refractivity contribution in [3.8, 4) is 0 Å². The van der Waals surface area contributed by atoms with Gasteiger partial charge in [0, 0.05) is 6.61 Å². The van der Waals surface area contributed by atoms with Crippen molar-refractivity contribution in [3.05, 3.63) is 35.4 Å². The molecule has 26 heavy (non-hydrogen) atoms. The van der Waals surface area contributed by atoms with Gasteiger partial charge in [0.15, 0.2) is 5.75 Å². The van der Waals surface area contributed by atoms with Gasteiger partial charge in [0.25, 0.3) is 0 Å². The molecule has 0 radical (unpaired) electrons. The van der Waals surface area contributed by atoms with Crippen molar-refractivity contribution in [3.63, 3.8) is 0 Å². The minimum atomic E-state index is -5.39. The van der Waals surface area contributed by atoms with Gasteiger partial charge in [-0.2, -0.15) is 0 Å². The van der Waals surface area contributed by atoms with Crippen LogP contribution in [-0.2, 0) is 32.9 Å². The summed E-state index contributed by atoms with van der Waals surface area (Å²) in [6.45, 7) is 0.130. The minimum absolute atomic E-state index is 0.130. The molecule has 11 heteroatoms. The Labute approximate surface area is 155 Å². The SMILES string of the molecule is C[S+](CCCc1cccc(CCCO)c1)CC(O)(P(=O)(O)O)P(=O)(O)O. The summed E-state index contributed by atoms with van der Waals surface area (Å²) >= 11 is 0. The van der Waals surface area contributed by atoms with Crippen molar-refractivity contribution in [2.75, 3.05) is 24.4 Å². The first-order valence-corrected chi connectivity index (χ1v) is 13.2. The standard InChI is InChI=1S/C15H26O8P2S/c1-26(12-15(17,24(18,19)20)25(21,22)23)10-4-8-14-6-2-5-13(11-14)7-3-9-16/h2,5-6,11,16-17H,3-4,7-10,12H2,1H3,(H3-,18,19,20,21,22,23)/p+1. The molecule has 0 spiro atoms. The highest BCUT2D eigenvalue weighted by Gasteiger charge is 2.62. The third-order valence-electron chi connectivity index (χ3n) is 3.95. The summed E-state index contributed by atoms with van der Waals surface area (Å²) in [7, 11) is -11.6. The van der Waals surface area contributed by atoms with Crippen LogP contribution < -0.4 is 0 Å². The number of aliphatic hydroxyl groups excluding tert-OH is 1. The molecule has 0 amide bonds. The third kappa shape index (κ3) is 6.75. The lowest BCUT2D eigenvalue weighted by molar-refractivity contribution is 0.149. The highest BCUT2D eigenvalue weighted by molar-refractivity contribution is 7.97. The topological polar surface area (TPSA) is 156 Å². The number of hydrogen-bond donors (Lipinski definition) is 6. The monoisotopic (exact) mass is 429 g/mol. The molecule has 150 valence electrons. The summed E-state index contributed by atoms with van der Waals surface area (Å²) in [6, 6.07) is 7.89. The predicted molar refractivity (Wildman–Crippen MR) is 102 cm³/mol. The lowest BCUT2D eigenvalue weighted by atomic mass is 10.0. The van der Waals surface area contributed by atoms with E-state index in [-0.39, 0.29) is 6.61 Å². The van der Waals surface area contributed by atoms with Crippen LogP contribution in [0.25, 0.3) is 0 Å². The van der Waals surface area contributed by atoms with Crippen LogP contribution in [-0.4, -0.2) is 59.2 Å². The van der Waals surface area contributed by atoms with Crippen molar-refractivity contribution in [2.24, 2.45) is 0 Å². The van der Waals surface area contributed by atoms with Crippen LogP contribution in [0, 0.1) is 0 Å². The molecule has 0 aliphatic heterocycles. The van der Waals surface area contributed by atoms with E-state index in [9.17, 15) is 33.8 Å². The Kier molecular flexibility index (Phi) is 9.00. The average Bonchev–Trinajstić information content (AvgIpc) is 2.51. The quantitative estimate of drug-likeness (QED) is 0.223. The number of benzene rings is 1. The van der Waals surface area contributed by atoms with E-state index in [1.807, 2.05) is 24.3 Å². The molecule has 0 heterocycles. The molecule has 8 nitrogen and oxygen atoms in total. The Morgan fingerprint density at radius 1 is 1.00 bits per heavy atom. The molecule has 0 bridgehead atoms. The molecular formula is C15H27O8P2S+. The van der Waals surface area contributed by atoms with E-state index in [1.54, 1.807) is 6.26 Å². The summed E-state index contributed by atoms with van der Waals surface area (Å²) in [6.07, 6.45) is 4.44. The molecule has 1 atom stereocenters. The fourth-order valence-corrected chi connectivity index (χ4v) is 7.96. The molecule has 0 fully saturated rings. The van der Waals surface area contributed by atoms with Crippen molar-refractivity contribution >= 4 is 26.1 Å². The van der Waals surface area contributed by atoms with Gasteiger partial charge in [0.1, 0.15) is 5.75 Å². The fourth-order valence-electron chi connectivity index (χ4n) is 2.49. The molecule has 1 unspecified atom stereocenters. The van der Waals surface area contributed by atoms with Crippen LogP contribution in [0.15, 0.2) is 24.3 Å². The molecule has 0 saturated heterocycles. The van der Waals surface area contributed by atoms with Gasteiger partial charge in [-0.25, -0.2) is 0 Å². The summed E-state index contributed by atoms with van der Waals surface area (Å²) in [4.78, 5) is 36.7. The summed E-state index contributed by atoms with van der Waals surface area (Å²) in [5.74, 6) is -0.179. The minimum Gasteiger partial charge on any atom is -0.396 e. The largest absolute Gasteiger partial charge is 0.396 e. The lowest BCUT2D eigenvalue weighted by Gasteiger charge is -2.27. The zero-order valence-corrected chi connectivity index (χ0v) is 17.2. The van der Waals surface area contributed by atoms with E-state index < -0.39 is 36.9 Å². The van der Waals surface area contributed by atoms with Gasteiger partial charge < -0.3 is 29.8 Å². The smallest absolute Gasteiger partial charge is 0.374 e. The van der Waals surface area contributed by atoms with Crippen LogP contribution in [0.4, 0.5) is 0 Å². The third-order valence-corrected chi connectivity index (χ3v) is 10.0. The molecule has 0 aliphatic rings. The Morgan fingerprint density at radius 2 is 1.50 bits per heavy atom. The molecular weight excluding hydrogens is 402 g/mol. The van der Waals surface area contributed by atoms with E-state index in [0.717, 1.165) is 17.5 Å². The summed E-state index contributed by atoms with van der Waals surface area (Å²) in [5, 5.41) is 15.5. The zero-order valence-electron chi connectivity index (χ0n) is 14.6. The Balaban J connectivity index is 2.63. The zero-order chi connectivity index (χ0) is 20.0. The number of rotatable bonds is 11. The van der Waals surface area contributed by atoms with Crippen LogP contribution >= 0.6 is 15.2 Å². The van der Waals surface area contributed by atoms with E-state index in [4.69, 9.17) is 5.11 Å². The van der Waals surface area contributed by atoms with E-state index in [1.165, 1.54) is 0 Å². The van der Waals surface area contributed by atoms with Gasteiger partial charge in [0.2, 0.25) is 0 Å². The van der Waals surface area contributed by atoms with Gasteiger partial charge in [-0.3, -0.25) is 9.13 Å². The second kappa shape index (κ2) is 9.82. The molecule has 6 N–H and O–H groups in total. The first-order chi connectivity index (χ1) is 11.9. The van der Waals surface area contributed by atoms with Gasteiger partial charge in [-0.1, -0.05) is 24.3 Å². The van der Waals surface area contributed by atoms with Crippen LogP contribution in [0.3, 0.4) is 0 Å². The summed E-state index contributed by atoms with van der Waals surface area (Å²) < 4.78 is 22.8. The second-order valence-electron chi connectivity index (χ2n) is 6.24. The van der Waals surface area contributed by atoms with Gasteiger partial charge in [-0.05, 0) is 47.7 Å². The number of hydrogen-bond acceptors (Lipinski definition) is 4. The van der Waals surface area contributed by atoms with Gasteiger partial charge in [0.05, 0.1) is 6.26 Å². The van der Waals surface area contributed by atoms with Crippen molar-refractivity contribution < 1.29 is 38.9 Å². The normalized spacial score (nSPS) is 14.4. The predicted octanol–water partition coefficient (Wildman–Crippen LogP) is 0.794. The first kappa shape index (κ1) is 23.8. The van der Waals surface area contributed by atoms with Crippen molar-refractivity contribution in [1.82, 2.24) is 0 Å². The van der Waals surface area contributed by atoms with Crippen molar-refractivity contribution in [1.29, 1.82) is 0 Å². The van der Waals surface area contributed by atoms with E-state index in [2.05, 4.69) is 0 Å². The highest BCUT2D eigenvalue weighted by atomic mass is 32.2. The van der Waals surface area contributed by atoms with E-state index >= 15 is 0 Å². The Bertz CT molecular complexity index is 649. The van der Waals surface area contributed by atoms with Crippen LogP contribution in [0.5, 0.6) is 0 Å². The number of aryl methyl sites for hydroxylation is 2. The van der Waals surface area contributed by atoms with E-state index in [0.29, 0.717) is 25.0 Å². The van der Waals surface area contributed by atoms with Crippen molar-refractivity contribution in [2.45, 2.75) is 30.8 Å². The fraction of sp³-hybridized carbons (Fsp3) is 0.600. The van der Waals surface area contributed by atoms with Gasteiger partial charge >= 0.3 is 20.3 Å². The molecule has 0 saturated carbocycles. The summed E-state index contributed by atoms with van der Waals surface area (Å²) in [5.41, 5.74) is 2.20. The van der Waals surface area contributed by atoms with Gasteiger partial charge in [-0.15, -0.1) is 0 Å². The van der Waals surface area contributed by atoms with Crippen LogP contribution in [0.1, 0.15) is 24.0 Å². The highest BCUT2D eigenvalue weighted by Crippen LogP contribution is 2.67. The Hall–Kier alpha value is -0.210. The second-order valence-corrected chi connectivity index (χ2v) is 12.5. The number of aliphatic hydroxyl groups is 2. The molecule has 1 rings (SSSR count). The maximum Gasteiger partial charge on any atom is 0.374 e. The molecule has 0 aromatic heterocycles. The Morgan fingerprint density at radius 3 is 1.96 bits per heavy atom. The average molecular weight is 429 g/mol. The lowest BCUT2D eigenvalue weighted by Crippen LogP contribution is -2.37. The maximum absolute atomic E-state index is 11.4.